The molecule has 92 valence electrons. The van der Waals surface area contributed by atoms with Gasteiger partial charge in [0.1, 0.15) is 0 Å². The Morgan fingerprint density at radius 2 is 1.33 bits per heavy atom. The van der Waals surface area contributed by atoms with E-state index in [1.807, 2.05) is 0 Å². The highest BCUT2D eigenvalue weighted by Gasteiger charge is 2.39. The third kappa shape index (κ3) is 5.66. The quantitative estimate of drug-likeness (QED) is 0.604. The van der Waals surface area contributed by atoms with Crippen LogP contribution in [-0.2, 0) is 13.3 Å². The zero-order chi connectivity index (χ0) is 11.9. The predicted molar refractivity (Wildman–Crippen MR) is 64.8 cm³/mol. The van der Waals surface area contributed by atoms with Crippen molar-refractivity contribution in [2.24, 2.45) is 11.8 Å². The van der Waals surface area contributed by atoms with Crippen molar-refractivity contribution in [1.29, 1.82) is 0 Å². The first-order valence-corrected chi connectivity index (χ1v) is 7.58. The molecule has 0 aliphatic heterocycles. The van der Waals surface area contributed by atoms with Crippen LogP contribution in [-0.4, -0.2) is 30.1 Å². The summed E-state index contributed by atoms with van der Waals surface area (Å²) in [5, 5.41) is 0. The molecule has 0 amide bonds. The Morgan fingerprint density at radius 1 is 0.867 bits per heavy atom. The Hall–Kier alpha value is 0.0969. The van der Waals surface area contributed by atoms with Crippen molar-refractivity contribution in [1.82, 2.24) is 0 Å². The molecule has 0 fully saturated rings. The highest BCUT2D eigenvalue weighted by atomic mass is 28.4. The molecule has 0 heterocycles. The molecule has 4 heteroatoms. The normalized spacial score (nSPS) is 14.6. The van der Waals surface area contributed by atoms with Crippen LogP contribution in [0.5, 0.6) is 0 Å². The SMILES string of the molecule is CO[Si](CC(C)CCC(C)C)(OC)OC. The smallest absolute Gasteiger partial charge is 0.377 e. The van der Waals surface area contributed by atoms with Gasteiger partial charge in [-0.05, 0) is 11.8 Å². The molecule has 0 saturated carbocycles. The lowest BCUT2D eigenvalue weighted by Gasteiger charge is -2.27. The van der Waals surface area contributed by atoms with Crippen LogP contribution in [0.25, 0.3) is 0 Å². The van der Waals surface area contributed by atoms with Crippen LogP contribution < -0.4 is 0 Å². The van der Waals surface area contributed by atoms with Crippen LogP contribution in [0, 0.1) is 11.8 Å². The summed E-state index contributed by atoms with van der Waals surface area (Å²) >= 11 is 0. The Labute approximate surface area is 95.5 Å². The van der Waals surface area contributed by atoms with E-state index in [-0.39, 0.29) is 0 Å². The molecule has 0 radical (unpaired) electrons. The molecule has 1 atom stereocenters. The van der Waals surface area contributed by atoms with Gasteiger partial charge in [0.15, 0.2) is 0 Å². The molecular formula is C11H26O3Si. The summed E-state index contributed by atoms with van der Waals surface area (Å²) in [6.07, 6.45) is 2.46. The number of hydrogen-bond donors (Lipinski definition) is 0. The highest BCUT2D eigenvalue weighted by Crippen LogP contribution is 2.23. The predicted octanol–water partition coefficient (Wildman–Crippen LogP) is 2.94. The highest BCUT2D eigenvalue weighted by molar-refractivity contribution is 6.60. The van der Waals surface area contributed by atoms with Crippen LogP contribution in [0.1, 0.15) is 33.6 Å². The summed E-state index contributed by atoms with van der Waals surface area (Å²) in [6.45, 7) is 6.74. The van der Waals surface area contributed by atoms with Crippen molar-refractivity contribution in [2.45, 2.75) is 39.7 Å². The van der Waals surface area contributed by atoms with Gasteiger partial charge in [0.2, 0.25) is 0 Å². The third-order valence-electron chi connectivity index (χ3n) is 2.77. The van der Waals surface area contributed by atoms with Gasteiger partial charge in [0.25, 0.3) is 0 Å². The fourth-order valence-corrected chi connectivity index (χ4v) is 3.70. The van der Waals surface area contributed by atoms with E-state index in [0.717, 1.165) is 12.0 Å². The lowest BCUT2D eigenvalue weighted by molar-refractivity contribution is 0.118. The van der Waals surface area contributed by atoms with Crippen molar-refractivity contribution < 1.29 is 13.3 Å². The van der Waals surface area contributed by atoms with Gasteiger partial charge in [-0.3, -0.25) is 0 Å². The van der Waals surface area contributed by atoms with Gasteiger partial charge in [-0.15, -0.1) is 0 Å². The molecule has 0 aliphatic rings. The molecular weight excluding hydrogens is 208 g/mol. The standard InChI is InChI=1S/C11H26O3Si/c1-10(2)7-8-11(3)9-15(12-4,13-5)14-6/h10-11H,7-9H2,1-6H3. The van der Waals surface area contributed by atoms with E-state index in [0.29, 0.717) is 5.92 Å². The van der Waals surface area contributed by atoms with E-state index < -0.39 is 8.80 Å². The third-order valence-corrected chi connectivity index (χ3v) is 5.83. The summed E-state index contributed by atoms with van der Waals surface area (Å²) in [7, 11) is 2.67. The van der Waals surface area contributed by atoms with Crippen LogP contribution in [0.15, 0.2) is 0 Å². The Kier molecular flexibility index (Phi) is 7.43. The van der Waals surface area contributed by atoms with Crippen molar-refractivity contribution in [3.05, 3.63) is 0 Å². The van der Waals surface area contributed by atoms with E-state index in [1.54, 1.807) is 21.3 Å². The second-order valence-corrected chi connectivity index (χ2v) is 7.57. The largest absolute Gasteiger partial charge is 0.500 e. The Balaban J connectivity index is 4.05. The zero-order valence-electron chi connectivity index (χ0n) is 11.0. The molecule has 3 nitrogen and oxygen atoms in total. The Bertz CT molecular complexity index is 150. The maximum absolute atomic E-state index is 5.41. The lowest BCUT2D eigenvalue weighted by Crippen LogP contribution is -2.44. The van der Waals surface area contributed by atoms with E-state index in [2.05, 4.69) is 20.8 Å². The average Bonchev–Trinajstić information content (AvgIpc) is 2.23. The second-order valence-electron chi connectivity index (χ2n) is 4.58. The van der Waals surface area contributed by atoms with Gasteiger partial charge in [0, 0.05) is 27.4 Å². The summed E-state index contributed by atoms with van der Waals surface area (Å²) in [5.74, 6) is 1.36. The maximum Gasteiger partial charge on any atom is 0.500 e. The zero-order valence-corrected chi connectivity index (χ0v) is 12.0. The molecule has 0 aromatic carbocycles. The molecule has 0 aromatic heterocycles. The summed E-state index contributed by atoms with van der Waals surface area (Å²) in [4.78, 5) is 0. The van der Waals surface area contributed by atoms with Crippen LogP contribution in [0.4, 0.5) is 0 Å². The van der Waals surface area contributed by atoms with Gasteiger partial charge in [-0.25, -0.2) is 0 Å². The molecule has 15 heavy (non-hydrogen) atoms. The molecule has 0 saturated heterocycles. The van der Waals surface area contributed by atoms with Gasteiger partial charge >= 0.3 is 8.80 Å². The van der Waals surface area contributed by atoms with Crippen molar-refractivity contribution in [2.75, 3.05) is 21.3 Å². The lowest BCUT2D eigenvalue weighted by atomic mass is 10.0. The average molecular weight is 234 g/mol. The molecule has 0 aromatic rings. The first-order valence-electron chi connectivity index (χ1n) is 5.65. The summed E-state index contributed by atoms with van der Waals surface area (Å²) < 4.78 is 16.2. The summed E-state index contributed by atoms with van der Waals surface area (Å²) in [5.41, 5.74) is 0. The van der Waals surface area contributed by atoms with E-state index in [1.165, 1.54) is 12.8 Å². The van der Waals surface area contributed by atoms with E-state index in [4.69, 9.17) is 13.3 Å². The minimum atomic E-state index is -2.35. The molecule has 0 N–H and O–H groups in total. The second kappa shape index (κ2) is 7.38. The Morgan fingerprint density at radius 3 is 1.67 bits per heavy atom. The van der Waals surface area contributed by atoms with Crippen molar-refractivity contribution in [3.8, 4) is 0 Å². The fourth-order valence-electron chi connectivity index (χ4n) is 1.65. The fraction of sp³-hybridized carbons (Fsp3) is 1.00. The number of hydrogen-bond acceptors (Lipinski definition) is 3. The van der Waals surface area contributed by atoms with Crippen molar-refractivity contribution >= 4 is 8.80 Å². The molecule has 0 rings (SSSR count). The maximum atomic E-state index is 5.41. The molecule has 1 unspecified atom stereocenters. The molecule has 0 bridgehead atoms. The van der Waals surface area contributed by atoms with E-state index >= 15 is 0 Å². The first kappa shape index (κ1) is 15.1. The van der Waals surface area contributed by atoms with Crippen LogP contribution in [0.2, 0.25) is 6.04 Å². The first-order chi connectivity index (χ1) is 6.99. The van der Waals surface area contributed by atoms with Crippen LogP contribution in [0.3, 0.4) is 0 Å². The minimum absolute atomic E-state index is 0.596. The topological polar surface area (TPSA) is 27.7 Å². The van der Waals surface area contributed by atoms with E-state index in [9.17, 15) is 0 Å². The van der Waals surface area contributed by atoms with Gasteiger partial charge < -0.3 is 13.3 Å². The molecule has 0 spiro atoms. The van der Waals surface area contributed by atoms with Gasteiger partial charge in [-0.2, -0.15) is 0 Å². The van der Waals surface area contributed by atoms with Gasteiger partial charge in [-0.1, -0.05) is 33.6 Å². The van der Waals surface area contributed by atoms with Crippen LogP contribution >= 0.6 is 0 Å². The molecule has 0 aliphatic carbocycles. The number of rotatable bonds is 8. The minimum Gasteiger partial charge on any atom is -0.377 e. The monoisotopic (exact) mass is 234 g/mol. The van der Waals surface area contributed by atoms with Crippen molar-refractivity contribution in [3.63, 3.8) is 0 Å². The summed E-state index contributed by atoms with van der Waals surface area (Å²) in [6, 6.07) is 0.906. The van der Waals surface area contributed by atoms with Gasteiger partial charge in [0.05, 0.1) is 0 Å².